The molecule has 6 heteroatoms. The highest BCUT2D eigenvalue weighted by Gasteiger charge is 2.53. The number of rotatable bonds is 7. The Morgan fingerprint density at radius 1 is 1.22 bits per heavy atom. The molecule has 2 fully saturated rings. The summed E-state index contributed by atoms with van der Waals surface area (Å²) in [7, 11) is 0. The Bertz CT molecular complexity index is 604. The van der Waals surface area contributed by atoms with Crippen molar-refractivity contribution in [1.29, 1.82) is 0 Å². The number of nitrogens with zero attached hydrogens (tertiary/aromatic N) is 3. The molecule has 3 heterocycles. The fraction of sp³-hybridized carbons (Fsp3) is 0.762. The third-order valence-corrected chi connectivity index (χ3v) is 6.37. The van der Waals surface area contributed by atoms with Crippen LogP contribution < -0.4 is 5.32 Å². The lowest BCUT2D eigenvalue weighted by Gasteiger charge is -2.62. The summed E-state index contributed by atoms with van der Waals surface area (Å²) in [6.45, 7) is 16.9. The van der Waals surface area contributed by atoms with E-state index in [0.29, 0.717) is 5.41 Å². The zero-order chi connectivity index (χ0) is 19.3. The summed E-state index contributed by atoms with van der Waals surface area (Å²) in [6.07, 6.45) is 3.69. The third kappa shape index (κ3) is 4.85. The van der Waals surface area contributed by atoms with Crippen molar-refractivity contribution >= 4 is 5.96 Å². The van der Waals surface area contributed by atoms with Crippen molar-refractivity contribution in [2.24, 2.45) is 10.4 Å². The molecule has 2 aliphatic heterocycles. The van der Waals surface area contributed by atoms with E-state index in [1.165, 1.54) is 0 Å². The van der Waals surface area contributed by atoms with Gasteiger partial charge in [0.15, 0.2) is 5.96 Å². The van der Waals surface area contributed by atoms with Gasteiger partial charge in [0.1, 0.15) is 5.76 Å². The number of nitrogens with one attached hydrogen (secondary N) is 1. The van der Waals surface area contributed by atoms with Crippen LogP contribution in [0.15, 0.2) is 27.8 Å². The fourth-order valence-electron chi connectivity index (χ4n) is 3.69. The van der Waals surface area contributed by atoms with E-state index in [4.69, 9.17) is 14.1 Å². The summed E-state index contributed by atoms with van der Waals surface area (Å²) in [6, 6.07) is 3.97. The number of hydrogen-bond acceptors (Lipinski definition) is 4. The summed E-state index contributed by atoms with van der Waals surface area (Å²) in [4.78, 5) is 9.85. The van der Waals surface area contributed by atoms with Crippen LogP contribution in [0.1, 0.15) is 39.9 Å². The lowest BCUT2D eigenvalue weighted by molar-refractivity contribution is -0.0668. The molecule has 3 rings (SSSR count). The molecule has 0 unspecified atom stereocenters. The molecule has 2 aliphatic rings. The highest BCUT2D eigenvalue weighted by Crippen LogP contribution is 2.46. The van der Waals surface area contributed by atoms with Crippen molar-refractivity contribution < 1.29 is 9.15 Å². The van der Waals surface area contributed by atoms with E-state index < -0.39 is 0 Å². The maximum atomic E-state index is 5.45. The normalized spacial score (nSPS) is 22.5. The number of ether oxygens (including phenoxy) is 1. The summed E-state index contributed by atoms with van der Waals surface area (Å²) < 4.78 is 10.9. The minimum absolute atomic E-state index is 0.105. The first-order valence-corrected chi connectivity index (χ1v) is 10.3. The molecule has 0 spiro atoms. The monoisotopic (exact) mass is 376 g/mol. The standard InChI is InChI=1S/C21H36N4O2/c1-20(2)17-25(21(20,3)4)19(23-10-8-18-7-5-14-27-18)22-9-6-11-24-12-15-26-16-13-24/h5,7,14H,6,8-13,15-17H2,1-4H3,(H,22,23). The van der Waals surface area contributed by atoms with Gasteiger partial charge < -0.3 is 19.4 Å². The van der Waals surface area contributed by atoms with Gasteiger partial charge in [-0.05, 0) is 32.4 Å². The van der Waals surface area contributed by atoms with Crippen LogP contribution in [0.2, 0.25) is 0 Å². The first-order valence-electron chi connectivity index (χ1n) is 10.3. The van der Waals surface area contributed by atoms with Crippen molar-refractivity contribution in [3.8, 4) is 0 Å². The predicted molar refractivity (Wildman–Crippen MR) is 109 cm³/mol. The highest BCUT2D eigenvalue weighted by atomic mass is 16.5. The molecule has 2 saturated heterocycles. The Balaban J connectivity index is 1.53. The lowest BCUT2D eigenvalue weighted by Crippen LogP contribution is -2.72. The molecule has 0 amide bonds. The van der Waals surface area contributed by atoms with Crippen LogP contribution in [0.4, 0.5) is 0 Å². The first kappa shape index (κ1) is 20.2. The maximum Gasteiger partial charge on any atom is 0.194 e. The smallest absolute Gasteiger partial charge is 0.194 e. The molecule has 1 aromatic rings. The van der Waals surface area contributed by atoms with Gasteiger partial charge in [-0.3, -0.25) is 9.89 Å². The van der Waals surface area contributed by atoms with Gasteiger partial charge in [0, 0.05) is 56.6 Å². The number of guanidine groups is 1. The van der Waals surface area contributed by atoms with E-state index >= 15 is 0 Å². The molecule has 1 aromatic heterocycles. The number of likely N-dealkylation sites (tertiary alicyclic amines) is 1. The Kier molecular flexibility index (Phi) is 6.48. The molecule has 152 valence electrons. The van der Waals surface area contributed by atoms with Crippen molar-refractivity contribution in [3.05, 3.63) is 24.2 Å². The Morgan fingerprint density at radius 2 is 2.00 bits per heavy atom. The van der Waals surface area contributed by atoms with E-state index in [1.807, 2.05) is 12.1 Å². The van der Waals surface area contributed by atoms with Gasteiger partial charge in [-0.1, -0.05) is 13.8 Å². The zero-order valence-corrected chi connectivity index (χ0v) is 17.5. The molecule has 0 aromatic carbocycles. The largest absolute Gasteiger partial charge is 0.469 e. The van der Waals surface area contributed by atoms with Crippen LogP contribution in [-0.2, 0) is 11.2 Å². The van der Waals surface area contributed by atoms with Crippen molar-refractivity contribution in [2.45, 2.75) is 46.1 Å². The van der Waals surface area contributed by atoms with Crippen LogP contribution in [0.25, 0.3) is 0 Å². The van der Waals surface area contributed by atoms with Crippen LogP contribution in [0.3, 0.4) is 0 Å². The zero-order valence-electron chi connectivity index (χ0n) is 17.5. The highest BCUT2D eigenvalue weighted by molar-refractivity contribution is 5.82. The van der Waals surface area contributed by atoms with E-state index in [-0.39, 0.29) is 5.54 Å². The molecular weight excluding hydrogens is 340 g/mol. The van der Waals surface area contributed by atoms with Crippen molar-refractivity contribution in [1.82, 2.24) is 15.1 Å². The van der Waals surface area contributed by atoms with Gasteiger partial charge in [-0.25, -0.2) is 0 Å². The van der Waals surface area contributed by atoms with E-state index in [9.17, 15) is 0 Å². The summed E-state index contributed by atoms with van der Waals surface area (Å²) in [5.41, 5.74) is 0.401. The molecule has 0 atom stereocenters. The molecule has 6 nitrogen and oxygen atoms in total. The molecule has 0 saturated carbocycles. The molecule has 1 N–H and O–H groups in total. The van der Waals surface area contributed by atoms with E-state index in [1.54, 1.807) is 6.26 Å². The second-order valence-electron chi connectivity index (χ2n) is 8.80. The quantitative estimate of drug-likeness (QED) is 0.450. The topological polar surface area (TPSA) is 53.2 Å². The minimum atomic E-state index is 0.105. The Morgan fingerprint density at radius 3 is 2.63 bits per heavy atom. The van der Waals surface area contributed by atoms with Gasteiger partial charge >= 0.3 is 0 Å². The molecule has 0 bridgehead atoms. The average molecular weight is 377 g/mol. The van der Waals surface area contributed by atoms with Gasteiger partial charge in [0.25, 0.3) is 0 Å². The van der Waals surface area contributed by atoms with E-state index in [2.05, 4.69) is 42.8 Å². The van der Waals surface area contributed by atoms with Crippen LogP contribution in [0.5, 0.6) is 0 Å². The van der Waals surface area contributed by atoms with Crippen LogP contribution >= 0.6 is 0 Å². The number of aliphatic imine (C=N–C) groups is 1. The molecule has 0 aliphatic carbocycles. The number of hydrogen-bond donors (Lipinski definition) is 1. The second-order valence-corrected chi connectivity index (χ2v) is 8.80. The number of furan rings is 1. The van der Waals surface area contributed by atoms with Gasteiger partial charge in [-0.15, -0.1) is 0 Å². The number of morpholine rings is 1. The fourth-order valence-corrected chi connectivity index (χ4v) is 3.69. The van der Waals surface area contributed by atoms with Gasteiger partial charge in [0.2, 0.25) is 0 Å². The van der Waals surface area contributed by atoms with Gasteiger partial charge in [-0.2, -0.15) is 0 Å². The predicted octanol–water partition coefficient (Wildman–Crippen LogP) is 2.61. The summed E-state index contributed by atoms with van der Waals surface area (Å²) >= 11 is 0. The average Bonchev–Trinajstić information content (AvgIpc) is 3.16. The van der Waals surface area contributed by atoms with E-state index in [0.717, 1.165) is 77.0 Å². The second kappa shape index (κ2) is 8.65. The van der Waals surface area contributed by atoms with Crippen LogP contribution in [-0.4, -0.2) is 73.8 Å². The SMILES string of the molecule is CC1(C)CN(C(=NCCCN2CCOCC2)NCCc2ccco2)C1(C)C. The van der Waals surface area contributed by atoms with Crippen molar-refractivity contribution in [3.63, 3.8) is 0 Å². The minimum Gasteiger partial charge on any atom is -0.469 e. The van der Waals surface area contributed by atoms with Crippen molar-refractivity contribution in [2.75, 3.05) is 52.5 Å². The van der Waals surface area contributed by atoms with Gasteiger partial charge in [0.05, 0.1) is 19.5 Å². The molecule has 0 radical (unpaired) electrons. The Labute approximate surface area is 163 Å². The molecular formula is C21H36N4O2. The maximum absolute atomic E-state index is 5.45. The first-order chi connectivity index (χ1) is 12.9. The lowest BCUT2D eigenvalue weighted by atomic mass is 9.65. The third-order valence-electron chi connectivity index (χ3n) is 6.37. The summed E-state index contributed by atoms with van der Waals surface area (Å²) in [5.74, 6) is 2.05. The summed E-state index contributed by atoms with van der Waals surface area (Å²) in [5, 5.41) is 3.57. The molecule has 27 heavy (non-hydrogen) atoms. The Hall–Kier alpha value is -1.53. The van der Waals surface area contributed by atoms with Crippen LogP contribution in [0, 0.1) is 5.41 Å².